The number of amides is 1. The predicted octanol–water partition coefficient (Wildman–Crippen LogP) is -0.354. The summed E-state index contributed by atoms with van der Waals surface area (Å²) in [6.07, 6.45) is 1.77. The van der Waals surface area contributed by atoms with Crippen LogP contribution in [0.5, 0.6) is 0 Å². The monoisotopic (exact) mass is 175 g/mol. The summed E-state index contributed by atoms with van der Waals surface area (Å²) in [6, 6.07) is -0.174. The maximum absolute atomic E-state index is 11.0. The zero-order chi connectivity index (χ0) is 9.40. The molecule has 0 aromatic heterocycles. The SMILES string of the molecule is C[C@H](CO)NC(=O)CCCCO. The fraction of sp³-hybridized carbons (Fsp3) is 0.875. The molecule has 0 aromatic rings. The lowest BCUT2D eigenvalue weighted by Crippen LogP contribution is -2.34. The molecule has 0 aliphatic carbocycles. The van der Waals surface area contributed by atoms with Crippen molar-refractivity contribution in [3.05, 3.63) is 0 Å². The molecule has 0 rings (SSSR count). The quantitative estimate of drug-likeness (QED) is 0.483. The molecule has 0 aromatic carbocycles. The molecule has 0 saturated heterocycles. The van der Waals surface area contributed by atoms with E-state index in [0.29, 0.717) is 19.3 Å². The van der Waals surface area contributed by atoms with Gasteiger partial charge in [-0.1, -0.05) is 0 Å². The van der Waals surface area contributed by atoms with Gasteiger partial charge in [0.25, 0.3) is 0 Å². The molecular formula is C8H17NO3. The first kappa shape index (κ1) is 11.4. The Morgan fingerprint density at radius 3 is 2.58 bits per heavy atom. The molecule has 0 radical (unpaired) electrons. The average molecular weight is 175 g/mol. The van der Waals surface area contributed by atoms with Crippen molar-refractivity contribution < 1.29 is 15.0 Å². The minimum Gasteiger partial charge on any atom is -0.396 e. The highest BCUT2D eigenvalue weighted by Crippen LogP contribution is 1.94. The first-order chi connectivity index (χ1) is 5.70. The Kier molecular flexibility index (Phi) is 6.70. The highest BCUT2D eigenvalue weighted by Gasteiger charge is 2.04. The number of unbranched alkanes of at least 4 members (excludes halogenated alkanes) is 1. The summed E-state index contributed by atoms with van der Waals surface area (Å²) in [5.41, 5.74) is 0. The summed E-state index contributed by atoms with van der Waals surface area (Å²) in [6.45, 7) is 1.83. The third-order valence-corrected chi connectivity index (χ3v) is 1.49. The molecule has 1 amide bonds. The maximum atomic E-state index is 11.0. The van der Waals surface area contributed by atoms with Crippen molar-refractivity contribution in [2.45, 2.75) is 32.2 Å². The zero-order valence-electron chi connectivity index (χ0n) is 7.42. The molecule has 12 heavy (non-hydrogen) atoms. The lowest BCUT2D eigenvalue weighted by atomic mass is 10.2. The van der Waals surface area contributed by atoms with Crippen LogP contribution in [0.1, 0.15) is 26.2 Å². The van der Waals surface area contributed by atoms with E-state index < -0.39 is 0 Å². The van der Waals surface area contributed by atoms with Crippen LogP contribution in [-0.2, 0) is 4.79 Å². The number of aliphatic hydroxyl groups excluding tert-OH is 2. The topological polar surface area (TPSA) is 69.6 Å². The minimum atomic E-state index is -0.174. The van der Waals surface area contributed by atoms with E-state index in [2.05, 4.69) is 5.32 Å². The normalized spacial score (nSPS) is 12.6. The van der Waals surface area contributed by atoms with Gasteiger partial charge in [-0.15, -0.1) is 0 Å². The van der Waals surface area contributed by atoms with Gasteiger partial charge in [-0.05, 0) is 19.8 Å². The van der Waals surface area contributed by atoms with Crippen LogP contribution in [0.3, 0.4) is 0 Å². The molecule has 0 unspecified atom stereocenters. The standard InChI is InChI=1S/C8H17NO3/c1-7(6-11)9-8(12)4-2-3-5-10/h7,10-11H,2-6H2,1H3,(H,9,12)/t7-/m1/s1. The number of hydrogen-bond donors (Lipinski definition) is 3. The smallest absolute Gasteiger partial charge is 0.220 e. The molecular weight excluding hydrogens is 158 g/mol. The van der Waals surface area contributed by atoms with Gasteiger partial charge < -0.3 is 15.5 Å². The Morgan fingerprint density at radius 1 is 1.42 bits per heavy atom. The first-order valence-electron chi connectivity index (χ1n) is 4.21. The van der Waals surface area contributed by atoms with Crippen molar-refractivity contribution in [3.8, 4) is 0 Å². The van der Waals surface area contributed by atoms with Gasteiger partial charge >= 0.3 is 0 Å². The number of carbonyl (C=O) groups excluding carboxylic acids is 1. The van der Waals surface area contributed by atoms with Gasteiger partial charge in [-0.2, -0.15) is 0 Å². The van der Waals surface area contributed by atoms with Gasteiger partial charge in [-0.25, -0.2) is 0 Å². The lowest BCUT2D eigenvalue weighted by Gasteiger charge is -2.09. The second-order valence-corrected chi connectivity index (χ2v) is 2.83. The Morgan fingerprint density at radius 2 is 2.08 bits per heavy atom. The third-order valence-electron chi connectivity index (χ3n) is 1.49. The number of hydrogen-bond acceptors (Lipinski definition) is 3. The first-order valence-corrected chi connectivity index (χ1v) is 4.21. The Balaban J connectivity index is 3.33. The van der Waals surface area contributed by atoms with Gasteiger partial charge in [0, 0.05) is 19.1 Å². The molecule has 3 N–H and O–H groups in total. The second kappa shape index (κ2) is 7.06. The molecule has 4 heteroatoms. The second-order valence-electron chi connectivity index (χ2n) is 2.83. The summed E-state index contributed by atoms with van der Waals surface area (Å²) in [5, 5.41) is 19.7. The van der Waals surface area contributed by atoms with Crippen LogP contribution in [0.25, 0.3) is 0 Å². The molecule has 72 valence electrons. The lowest BCUT2D eigenvalue weighted by molar-refractivity contribution is -0.122. The summed E-state index contributed by atoms with van der Waals surface area (Å²) >= 11 is 0. The van der Waals surface area contributed by atoms with Crippen LogP contribution >= 0.6 is 0 Å². The highest BCUT2D eigenvalue weighted by atomic mass is 16.3. The molecule has 0 bridgehead atoms. The summed E-state index contributed by atoms with van der Waals surface area (Å²) in [4.78, 5) is 11.0. The number of rotatable bonds is 6. The van der Waals surface area contributed by atoms with E-state index in [4.69, 9.17) is 10.2 Å². The molecule has 0 aliphatic rings. The van der Waals surface area contributed by atoms with Crippen molar-refractivity contribution in [1.82, 2.24) is 5.32 Å². The van der Waals surface area contributed by atoms with Gasteiger partial charge in [0.1, 0.15) is 0 Å². The fourth-order valence-corrected chi connectivity index (χ4v) is 0.790. The maximum Gasteiger partial charge on any atom is 0.220 e. The summed E-state index contributed by atoms with van der Waals surface area (Å²) < 4.78 is 0. The fourth-order valence-electron chi connectivity index (χ4n) is 0.790. The third kappa shape index (κ3) is 6.12. The Bertz CT molecular complexity index is 127. The molecule has 0 aliphatic heterocycles. The molecule has 0 heterocycles. The van der Waals surface area contributed by atoms with Crippen LogP contribution in [0.2, 0.25) is 0 Å². The van der Waals surface area contributed by atoms with E-state index in [-0.39, 0.29) is 25.2 Å². The van der Waals surface area contributed by atoms with E-state index in [1.54, 1.807) is 6.92 Å². The van der Waals surface area contributed by atoms with Crippen molar-refractivity contribution in [2.75, 3.05) is 13.2 Å². The predicted molar refractivity (Wildman–Crippen MR) is 45.6 cm³/mol. The van der Waals surface area contributed by atoms with E-state index in [9.17, 15) is 4.79 Å². The van der Waals surface area contributed by atoms with Crippen molar-refractivity contribution in [1.29, 1.82) is 0 Å². The molecule has 4 nitrogen and oxygen atoms in total. The summed E-state index contributed by atoms with van der Waals surface area (Å²) in [7, 11) is 0. The molecule has 0 spiro atoms. The van der Waals surface area contributed by atoms with E-state index in [0.717, 1.165) is 0 Å². The van der Waals surface area contributed by atoms with Crippen LogP contribution in [0.15, 0.2) is 0 Å². The number of aliphatic hydroxyl groups is 2. The number of nitrogens with one attached hydrogen (secondary N) is 1. The van der Waals surface area contributed by atoms with Crippen LogP contribution in [0, 0.1) is 0 Å². The van der Waals surface area contributed by atoms with E-state index in [1.807, 2.05) is 0 Å². The summed E-state index contributed by atoms with van der Waals surface area (Å²) in [5.74, 6) is -0.0648. The van der Waals surface area contributed by atoms with Crippen molar-refractivity contribution in [3.63, 3.8) is 0 Å². The van der Waals surface area contributed by atoms with Crippen LogP contribution in [-0.4, -0.2) is 35.4 Å². The van der Waals surface area contributed by atoms with E-state index in [1.165, 1.54) is 0 Å². The van der Waals surface area contributed by atoms with Gasteiger partial charge in [0.2, 0.25) is 5.91 Å². The Hall–Kier alpha value is -0.610. The molecule has 0 saturated carbocycles. The highest BCUT2D eigenvalue weighted by molar-refractivity contribution is 5.76. The number of carbonyl (C=O) groups is 1. The molecule has 0 fully saturated rings. The Labute approximate surface area is 72.6 Å². The van der Waals surface area contributed by atoms with E-state index >= 15 is 0 Å². The van der Waals surface area contributed by atoms with Gasteiger partial charge in [0.05, 0.1) is 6.61 Å². The van der Waals surface area contributed by atoms with Gasteiger partial charge in [0.15, 0.2) is 0 Å². The molecule has 1 atom stereocenters. The van der Waals surface area contributed by atoms with Crippen molar-refractivity contribution >= 4 is 5.91 Å². The largest absolute Gasteiger partial charge is 0.396 e. The average Bonchev–Trinajstić information content (AvgIpc) is 2.05. The minimum absolute atomic E-state index is 0.0360. The van der Waals surface area contributed by atoms with Crippen LogP contribution < -0.4 is 5.32 Å². The zero-order valence-corrected chi connectivity index (χ0v) is 7.42. The van der Waals surface area contributed by atoms with Gasteiger partial charge in [-0.3, -0.25) is 4.79 Å². The van der Waals surface area contributed by atoms with Crippen LogP contribution in [0.4, 0.5) is 0 Å². The van der Waals surface area contributed by atoms with Crippen molar-refractivity contribution in [2.24, 2.45) is 0 Å².